The molecule has 0 radical (unpaired) electrons. The van der Waals surface area contributed by atoms with E-state index >= 15 is 0 Å². The highest BCUT2D eigenvalue weighted by molar-refractivity contribution is 6.29. The molecule has 0 atom stereocenters. The van der Waals surface area contributed by atoms with Gasteiger partial charge in [0.15, 0.2) is 0 Å². The molecule has 16 heavy (non-hydrogen) atoms. The Labute approximate surface area is 100 Å². The van der Waals surface area contributed by atoms with Gasteiger partial charge < -0.3 is 4.90 Å². The van der Waals surface area contributed by atoms with Gasteiger partial charge in [0.25, 0.3) is 0 Å². The molecule has 0 N–H and O–H groups in total. The fraction of sp³-hybridized carbons (Fsp3) is 0.636. The molecule has 0 unspecified atom stereocenters. The van der Waals surface area contributed by atoms with Gasteiger partial charge in [0, 0.05) is 38.3 Å². The topological polar surface area (TPSA) is 32.3 Å². The van der Waals surface area contributed by atoms with Crippen molar-refractivity contribution in [3.05, 3.63) is 17.5 Å². The molecule has 0 aromatic carbocycles. The summed E-state index contributed by atoms with van der Waals surface area (Å²) in [6.45, 7) is 4.38. The van der Waals surface area contributed by atoms with Crippen molar-refractivity contribution in [1.82, 2.24) is 14.9 Å². The third-order valence-corrected chi connectivity index (χ3v) is 3.53. The van der Waals surface area contributed by atoms with Crippen LogP contribution in [0.5, 0.6) is 0 Å². The fourth-order valence-corrected chi connectivity index (χ4v) is 2.39. The van der Waals surface area contributed by atoms with E-state index in [-0.39, 0.29) is 0 Å². The Bertz CT molecular complexity index is 372. The summed E-state index contributed by atoms with van der Waals surface area (Å²) in [5.41, 5.74) is 0. The molecule has 3 rings (SSSR count). The van der Waals surface area contributed by atoms with E-state index in [0.29, 0.717) is 5.15 Å². The zero-order chi connectivity index (χ0) is 11.0. The molecule has 1 aliphatic heterocycles. The molecule has 86 valence electrons. The SMILES string of the molecule is Clc1cc(N2CCN(C3CC3)CC2)ncn1. The molecule has 0 bridgehead atoms. The monoisotopic (exact) mass is 238 g/mol. The first-order valence-corrected chi connectivity index (χ1v) is 6.17. The summed E-state index contributed by atoms with van der Waals surface area (Å²) in [5, 5.41) is 0.523. The molecule has 1 aromatic rings. The van der Waals surface area contributed by atoms with Gasteiger partial charge in [0.2, 0.25) is 0 Å². The van der Waals surface area contributed by atoms with Crippen molar-refractivity contribution in [1.29, 1.82) is 0 Å². The minimum atomic E-state index is 0.523. The predicted octanol–water partition coefficient (Wildman–Crippen LogP) is 1.41. The zero-order valence-electron chi connectivity index (χ0n) is 9.14. The number of nitrogens with zero attached hydrogens (tertiary/aromatic N) is 4. The highest BCUT2D eigenvalue weighted by Gasteiger charge is 2.31. The summed E-state index contributed by atoms with van der Waals surface area (Å²) in [4.78, 5) is 13.0. The van der Waals surface area contributed by atoms with Gasteiger partial charge in [0.05, 0.1) is 0 Å². The average molecular weight is 239 g/mol. The van der Waals surface area contributed by atoms with Crippen LogP contribution in [0.2, 0.25) is 5.15 Å². The summed E-state index contributed by atoms with van der Waals surface area (Å²) in [6.07, 6.45) is 4.31. The van der Waals surface area contributed by atoms with E-state index in [0.717, 1.165) is 38.0 Å². The van der Waals surface area contributed by atoms with Crippen molar-refractivity contribution < 1.29 is 0 Å². The van der Waals surface area contributed by atoms with Crippen molar-refractivity contribution in [2.24, 2.45) is 0 Å². The quantitative estimate of drug-likeness (QED) is 0.730. The van der Waals surface area contributed by atoms with Crippen molar-refractivity contribution >= 4 is 17.4 Å². The number of aromatic nitrogens is 2. The van der Waals surface area contributed by atoms with Crippen molar-refractivity contribution in [2.45, 2.75) is 18.9 Å². The predicted molar refractivity (Wildman–Crippen MR) is 63.9 cm³/mol. The number of piperazine rings is 1. The number of anilines is 1. The first kappa shape index (κ1) is 10.3. The van der Waals surface area contributed by atoms with Crippen LogP contribution in [0, 0.1) is 0 Å². The molecule has 2 aliphatic rings. The molecular formula is C11H15ClN4. The van der Waals surface area contributed by atoms with E-state index in [2.05, 4.69) is 19.8 Å². The Morgan fingerprint density at radius 3 is 2.50 bits per heavy atom. The summed E-state index contributed by atoms with van der Waals surface area (Å²) < 4.78 is 0. The van der Waals surface area contributed by atoms with Crippen LogP contribution in [0.1, 0.15) is 12.8 Å². The second kappa shape index (κ2) is 4.18. The van der Waals surface area contributed by atoms with Gasteiger partial charge in [-0.3, -0.25) is 4.90 Å². The molecule has 4 nitrogen and oxygen atoms in total. The molecule has 0 spiro atoms. The minimum absolute atomic E-state index is 0.523. The number of hydrogen-bond donors (Lipinski definition) is 0. The summed E-state index contributed by atoms with van der Waals surface area (Å²) >= 11 is 5.86. The van der Waals surface area contributed by atoms with Crippen LogP contribution in [0.25, 0.3) is 0 Å². The highest BCUT2D eigenvalue weighted by Crippen LogP contribution is 2.28. The molecule has 1 aliphatic carbocycles. The van der Waals surface area contributed by atoms with Crippen LogP contribution in [-0.4, -0.2) is 47.1 Å². The lowest BCUT2D eigenvalue weighted by molar-refractivity contribution is 0.247. The maximum Gasteiger partial charge on any atom is 0.134 e. The lowest BCUT2D eigenvalue weighted by Crippen LogP contribution is -2.47. The van der Waals surface area contributed by atoms with E-state index in [9.17, 15) is 0 Å². The van der Waals surface area contributed by atoms with Crippen molar-refractivity contribution in [2.75, 3.05) is 31.1 Å². The Kier molecular flexibility index (Phi) is 2.69. The van der Waals surface area contributed by atoms with Crippen molar-refractivity contribution in [3.63, 3.8) is 0 Å². The molecule has 2 heterocycles. The zero-order valence-corrected chi connectivity index (χ0v) is 9.90. The van der Waals surface area contributed by atoms with E-state index in [4.69, 9.17) is 11.6 Å². The molecule has 1 saturated carbocycles. The van der Waals surface area contributed by atoms with Crippen LogP contribution < -0.4 is 4.90 Å². The second-order valence-electron chi connectivity index (χ2n) is 4.45. The number of halogens is 1. The largest absolute Gasteiger partial charge is 0.354 e. The fourth-order valence-electron chi connectivity index (χ4n) is 2.25. The van der Waals surface area contributed by atoms with Gasteiger partial charge in [-0.2, -0.15) is 0 Å². The van der Waals surface area contributed by atoms with Crippen molar-refractivity contribution in [3.8, 4) is 0 Å². The Morgan fingerprint density at radius 1 is 1.12 bits per heavy atom. The second-order valence-corrected chi connectivity index (χ2v) is 4.84. The lowest BCUT2D eigenvalue weighted by atomic mass is 10.3. The van der Waals surface area contributed by atoms with Gasteiger partial charge in [-0.25, -0.2) is 9.97 Å². The average Bonchev–Trinajstić information content (AvgIpc) is 3.13. The van der Waals surface area contributed by atoms with E-state index in [1.807, 2.05) is 6.07 Å². The highest BCUT2D eigenvalue weighted by atomic mass is 35.5. The van der Waals surface area contributed by atoms with Gasteiger partial charge in [-0.1, -0.05) is 11.6 Å². The van der Waals surface area contributed by atoms with Gasteiger partial charge >= 0.3 is 0 Å². The van der Waals surface area contributed by atoms with Crippen LogP contribution in [0.3, 0.4) is 0 Å². The first-order valence-electron chi connectivity index (χ1n) is 5.79. The third kappa shape index (κ3) is 2.13. The molecular weight excluding hydrogens is 224 g/mol. The van der Waals surface area contributed by atoms with Crippen LogP contribution in [-0.2, 0) is 0 Å². The Hall–Kier alpha value is -0.870. The number of rotatable bonds is 2. The van der Waals surface area contributed by atoms with E-state index in [1.54, 1.807) is 0 Å². The molecule has 0 amide bonds. The molecule has 5 heteroatoms. The third-order valence-electron chi connectivity index (χ3n) is 3.32. The van der Waals surface area contributed by atoms with Crippen LogP contribution >= 0.6 is 11.6 Å². The maximum absolute atomic E-state index is 5.86. The van der Waals surface area contributed by atoms with E-state index < -0.39 is 0 Å². The molecule has 2 fully saturated rings. The minimum Gasteiger partial charge on any atom is -0.354 e. The summed E-state index contributed by atoms with van der Waals surface area (Å²) in [6, 6.07) is 2.71. The van der Waals surface area contributed by atoms with Crippen LogP contribution in [0.4, 0.5) is 5.82 Å². The Balaban J connectivity index is 1.64. The summed E-state index contributed by atoms with van der Waals surface area (Å²) in [5.74, 6) is 0.954. The Morgan fingerprint density at radius 2 is 1.88 bits per heavy atom. The normalized spacial score (nSPS) is 22.4. The van der Waals surface area contributed by atoms with E-state index in [1.165, 1.54) is 19.2 Å². The van der Waals surface area contributed by atoms with Gasteiger partial charge in [0.1, 0.15) is 17.3 Å². The lowest BCUT2D eigenvalue weighted by Gasteiger charge is -2.35. The first-order chi connectivity index (χ1) is 7.83. The molecule has 1 saturated heterocycles. The van der Waals surface area contributed by atoms with Gasteiger partial charge in [-0.15, -0.1) is 0 Å². The number of hydrogen-bond acceptors (Lipinski definition) is 4. The summed E-state index contributed by atoms with van der Waals surface area (Å²) in [7, 11) is 0. The van der Waals surface area contributed by atoms with Gasteiger partial charge in [-0.05, 0) is 12.8 Å². The molecule has 1 aromatic heterocycles. The standard InChI is InChI=1S/C11H15ClN4/c12-10-7-11(14-8-13-10)16-5-3-15(4-6-16)9-1-2-9/h7-9H,1-6H2. The maximum atomic E-state index is 5.86. The smallest absolute Gasteiger partial charge is 0.134 e. The van der Waals surface area contributed by atoms with Crippen LogP contribution in [0.15, 0.2) is 12.4 Å².